The number of esters is 1. The van der Waals surface area contributed by atoms with Gasteiger partial charge in [0.25, 0.3) is 0 Å². The van der Waals surface area contributed by atoms with Gasteiger partial charge in [-0.15, -0.1) is 0 Å². The van der Waals surface area contributed by atoms with Crippen LogP contribution in [0.5, 0.6) is 0 Å². The Morgan fingerprint density at radius 1 is 0.911 bits per heavy atom. The predicted molar refractivity (Wildman–Crippen MR) is 167 cm³/mol. The van der Waals surface area contributed by atoms with Gasteiger partial charge in [0.2, 0.25) is 11.7 Å². The van der Waals surface area contributed by atoms with Gasteiger partial charge in [0.15, 0.2) is 0 Å². The Labute approximate surface area is 262 Å². The summed E-state index contributed by atoms with van der Waals surface area (Å²) >= 11 is 0. The second kappa shape index (κ2) is 12.7. The van der Waals surface area contributed by atoms with Crippen molar-refractivity contribution in [2.45, 2.75) is 62.0 Å². The van der Waals surface area contributed by atoms with Crippen molar-refractivity contribution in [3.05, 3.63) is 125 Å². The lowest BCUT2D eigenvalue weighted by Gasteiger charge is -2.31. The molecule has 2 saturated heterocycles. The Balaban J connectivity index is 1.12. The van der Waals surface area contributed by atoms with Gasteiger partial charge < -0.3 is 29.4 Å². The zero-order chi connectivity index (χ0) is 30.8. The molecule has 0 spiro atoms. The lowest BCUT2D eigenvalue weighted by molar-refractivity contribution is -0.157. The molecule has 232 valence electrons. The van der Waals surface area contributed by atoms with Crippen LogP contribution in [0.4, 0.5) is 0 Å². The molecule has 2 aliphatic carbocycles. The van der Waals surface area contributed by atoms with Gasteiger partial charge >= 0.3 is 5.97 Å². The van der Waals surface area contributed by atoms with E-state index in [1.54, 1.807) is 18.2 Å². The summed E-state index contributed by atoms with van der Waals surface area (Å²) in [5.74, 6) is -1.60. The van der Waals surface area contributed by atoms with Crippen molar-refractivity contribution in [1.29, 1.82) is 0 Å². The molecule has 1 amide bonds. The highest BCUT2D eigenvalue weighted by atomic mass is 16.8. The van der Waals surface area contributed by atoms with Crippen LogP contribution < -0.4 is 5.32 Å². The Hall–Kier alpha value is -4.08. The van der Waals surface area contributed by atoms with E-state index in [-0.39, 0.29) is 25.5 Å². The van der Waals surface area contributed by atoms with E-state index in [9.17, 15) is 14.7 Å². The van der Waals surface area contributed by atoms with Crippen molar-refractivity contribution < 1.29 is 33.6 Å². The van der Waals surface area contributed by atoms with E-state index >= 15 is 0 Å². The van der Waals surface area contributed by atoms with E-state index in [1.807, 2.05) is 72.8 Å². The molecule has 2 heterocycles. The number of aliphatic hydroxyl groups excluding tert-OH is 1. The maximum absolute atomic E-state index is 13.5. The van der Waals surface area contributed by atoms with Crippen LogP contribution in [0.25, 0.3) is 6.08 Å². The average Bonchev–Trinajstić information content (AvgIpc) is 3.76. The molecule has 3 aromatic rings. The number of carbonyl (C=O) groups excluding carboxylic acids is 2. The van der Waals surface area contributed by atoms with E-state index in [0.29, 0.717) is 29.3 Å². The van der Waals surface area contributed by atoms with Crippen LogP contribution >= 0.6 is 0 Å². The summed E-state index contributed by atoms with van der Waals surface area (Å²) in [6.07, 6.45) is 8.35. The third-order valence-electron chi connectivity index (χ3n) is 9.09. The largest absolute Gasteiger partial charge is 0.456 e. The third kappa shape index (κ3) is 6.24. The molecular weight excluding hydrogens is 570 g/mol. The first-order valence-electron chi connectivity index (χ1n) is 15.7. The molecule has 0 bridgehead atoms. The van der Waals surface area contributed by atoms with Crippen LogP contribution in [0, 0.1) is 5.92 Å². The zero-order valence-corrected chi connectivity index (χ0v) is 24.9. The van der Waals surface area contributed by atoms with E-state index in [4.69, 9.17) is 18.9 Å². The first kappa shape index (κ1) is 29.6. The second-order valence-electron chi connectivity index (χ2n) is 12.1. The molecule has 2 aliphatic heterocycles. The quantitative estimate of drug-likeness (QED) is 0.263. The van der Waals surface area contributed by atoms with Crippen LogP contribution in [0.1, 0.15) is 52.7 Å². The molecule has 0 radical (unpaired) electrons. The monoisotopic (exact) mass is 607 g/mol. The van der Waals surface area contributed by atoms with Gasteiger partial charge in [-0.3, -0.25) is 4.79 Å². The van der Waals surface area contributed by atoms with Crippen molar-refractivity contribution >= 4 is 18.0 Å². The van der Waals surface area contributed by atoms with Gasteiger partial charge in [0.1, 0.15) is 18.3 Å². The summed E-state index contributed by atoms with van der Waals surface area (Å²) in [4.78, 5) is 26.5. The van der Waals surface area contributed by atoms with E-state index in [0.717, 1.165) is 36.0 Å². The van der Waals surface area contributed by atoms with Crippen LogP contribution in [0.3, 0.4) is 0 Å². The van der Waals surface area contributed by atoms with Gasteiger partial charge in [0.05, 0.1) is 24.4 Å². The molecule has 45 heavy (non-hydrogen) atoms. The molecule has 1 saturated carbocycles. The number of benzene rings is 3. The Morgan fingerprint density at radius 3 is 2.29 bits per heavy atom. The first-order valence-corrected chi connectivity index (χ1v) is 15.7. The van der Waals surface area contributed by atoms with E-state index < -0.39 is 30.1 Å². The fourth-order valence-corrected chi connectivity index (χ4v) is 6.67. The molecule has 2 N–H and O–H groups in total. The molecule has 6 unspecified atom stereocenters. The molecule has 8 heteroatoms. The topological polar surface area (TPSA) is 107 Å². The number of aliphatic hydroxyl groups is 1. The number of nitrogens with one attached hydrogen (secondary N) is 1. The highest BCUT2D eigenvalue weighted by Gasteiger charge is 2.55. The van der Waals surface area contributed by atoms with Gasteiger partial charge in [0, 0.05) is 29.7 Å². The summed E-state index contributed by atoms with van der Waals surface area (Å²) < 4.78 is 25.2. The van der Waals surface area contributed by atoms with Crippen LogP contribution in [-0.2, 0) is 29.5 Å². The predicted octanol–water partition coefficient (Wildman–Crippen LogP) is 4.92. The summed E-state index contributed by atoms with van der Waals surface area (Å²) in [6, 6.07) is 26.6. The first-order chi connectivity index (χ1) is 22.0. The Bertz CT molecular complexity index is 1530. The molecule has 6 atom stereocenters. The van der Waals surface area contributed by atoms with E-state index in [2.05, 4.69) is 17.5 Å². The number of carbonyl (C=O) groups is 2. The normalized spacial score (nSPS) is 28.1. The molecular formula is C37H37NO7. The smallest absolute Gasteiger partial charge is 0.338 e. The summed E-state index contributed by atoms with van der Waals surface area (Å²) in [6.45, 7) is -0.0735. The fraction of sp³-hybridized carbons (Fsp3) is 0.351. The molecule has 3 fully saturated rings. The number of hydrogen-bond donors (Lipinski definition) is 2. The van der Waals surface area contributed by atoms with Crippen molar-refractivity contribution in [2.24, 2.45) is 5.92 Å². The summed E-state index contributed by atoms with van der Waals surface area (Å²) in [5.41, 5.74) is 3.41. The molecule has 7 rings (SSSR count). The van der Waals surface area contributed by atoms with Crippen molar-refractivity contribution in [3.63, 3.8) is 0 Å². The summed E-state index contributed by atoms with van der Waals surface area (Å²) in [5, 5.41) is 12.0. The lowest BCUT2D eigenvalue weighted by atomic mass is 9.89. The third-order valence-corrected chi connectivity index (χ3v) is 9.09. The molecule has 8 nitrogen and oxygen atoms in total. The highest BCUT2D eigenvalue weighted by Crippen LogP contribution is 2.47. The van der Waals surface area contributed by atoms with Crippen LogP contribution in [-0.4, -0.2) is 60.7 Å². The number of hydrogen-bond acceptors (Lipinski definition) is 7. The van der Waals surface area contributed by atoms with Gasteiger partial charge in [-0.2, -0.15) is 0 Å². The maximum Gasteiger partial charge on any atom is 0.338 e. The standard InChI is InChI=1S/C37H37NO7/c39-20-19-38-35(40)27-22-32(43-36(41)26-16-13-24(14-17-26)11-12-25-15-18-30-31(21-25)42-30)34-33(23-27)44-37(45-34,28-7-3-1-4-8-28)29-9-5-2-6-10-29/h1-14,16-17,23,25,30-34,39H,15,18-22H2,(H,38,40). The molecule has 0 aromatic heterocycles. The summed E-state index contributed by atoms with van der Waals surface area (Å²) in [7, 11) is 0. The number of ether oxygens (including phenoxy) is 4. The van der Waals surface area contributed by atoms with Crippen molar-refractivity contribution in [2.75, 3.05) is 13.2 Å². The number of epoxide rings is 1. The van der Waals surface area contributed by atoms with E-state index in [1.165, 1.54) is 0 Å². The van der Waals surface area contributed by atoms with Gasteiger partial charge in [-0.25, -0.2) is 4.79 Å². The fourth-order valence-electron chi connectivity index (χ4n) is 6.67. The SMILES string of the molecule is O=C(NCCO)C1=CC2OC(c3ccccc3)(c3ccccc3)OC2C(OC(=O)c2ccc(C=CC3CCC4OC4C3)cc2)C1. The zero-order valence-electron chi connectivity index (χ0n) is 24.9. The minimum absolute atomic E-state index is 0.112. The maximum atomic E-state index is 13.5. The Morgan fingerprint density at radius 2 is 1.62 bits per heavy atom. The number of rotatable bonds is 9. The lowest BCUT2D eigenvalue weighted by Crippen LogP contribution is -2.43. The number of amides is 1. The van der Waals surface area contributed by atoms with Crippen molar-refractivity contribution in [3.8, 4) is 0 Å². The second-order valence-corrected chi connectivity index (χ2v) is 12.1. The highest BCUT2D eigenvalue weighted by molar-refractivity contribution is 5.94. The van der Waals surface area contributed by atoms with Crippen LogP contribution in [0.15, 0.2) is 103 Å². The minimum Gasteiger partial charge on any atom is -0.456 e. The minimum atomic E-state index is -1.27. The molecule has 3 aromatic carbocycles. The Kier molecular flexibility index (Phi) is 8.38. The number of fused-ring (bicyclic) bond motifs is 2. The number of allylic oxidation sites excluding steroid dienone is 1. The molecule has 4 aliphatic rings. The van der Waals surface area contributed by atoms with Gasteiger partial charge in [-0.1, -0.05) is 84.9 Å². The van der Waals surface area contributed by atoms with Crippen molar-refractivity contribution in [1.82, 2.24) is 5.32 Å². The van der Waals surface area contributed by atoms with Gasteiger partial charge in [-0.05, 0) is 49.0 Å². The van der Waals surface area contributed by atoms with Crippen LogP contribution in [0.2, 0.25) is 0 Å². The average molecular weight is 608 g/mol.